The van der Waals surface area contributed by atoms with Gasteiger partial charge in [-0.25, -0.2) is 4.39 Å². The summed E-state index contributed by atoms with van der Waals surface area (Å²) < 4.78 is 14.4. The van der Waals surface area contributed by atoms with Crippen LogP contribution in [0.1, 0.15) is 25.3 Å². The SMILES string of the molecule is CC(=O)N1CCCC(CNCc2ccc(-c3ccncc3)cc2F)C1. The van der Waals surface area contributed by atoms with Crippen molar-refractivity contribution >= 4 is 5.91 Å². The second kappa shape index (κ2) is 8.21. The molecule has 0 aliphatic carbocycles. The minimum Gasteiger partial charge on any atom is -0.343 e. The lowest BCUT2D eigenvalue weighted by atomic mass is 9.98. The van der Waals surface area contributed by atoms with Crippen LogP contribution in [0.2, 0.25) is 0 Å². The van der Waals surface area contributed by atoms with Gasteiger partial charge in [-0.05, 0) is 54.6 Å². The monoisotopic (exact) mass is 341 g/mol. The Hall–Kier alpha value is -2.27. The Bertz CT molecular complexity index is 720. The van der Waals surface area contributed by atoms with E-state index in [1.54, 1.807) is 25.4 Å². The third-order valence-corrected chi connectivity index (χ3v) is 4.78. The number of nitrogens with one attached hydrogen (secondary N) is 1. The number of likely N-dealkylation sites (tertiary alicyclic amines) is 1. The molecule has 25 heavy (non-hydrogen) atoms. The summed E-state index contributed by atoms with van der Waals surface area (Å²) in [6.45, 7) is 4.58. The summed E-state index contributed by atoms with van der Waals surface area (Å²) in [7, 11) is 0. The van der Waals surface area contributed by atoms with E-state index in [0.29, 0.717) is 18.0 Å². The van der Waals surface area contributed by atoms with Crippen LogP contribution >= 0.6 is 0 Å². The number of aromatic nitrogens is 1. The van der Waals surface area contributed by atoms with E-state index in [9.17, 15) is 9.18 Å². The van der Waals surface area contributed by atoms with Crippen LogP contribution in [0.25, 0.3) is 11.1 Å². The number of carbonyl (C=O) groups is 1. The number of nitrogens with zero attached hydrogens (tertiary/aromatic N) is 2. The Balaban J connectivity index is 1.54. The van der Waals surface area contributed by atoms with Gasteiger partial charge >= 0.3 is 0 Å². The van der Waals surface area contributed by atoms with Gasteiger partial charge in [-0.2, -0.15) is 0 Å². The number of pyridine rings is 1. The lowest BCUT2D eigenvalue weighted by molar-refractivity contribution is -0.130. The normalized spacial score (nSPS) is 17.5. The highest BCUT2D eigenvalue weighted by Gasteiger charge is 2.21. The summed E-state index contributed by atoms with van der Waals surface area (Å²) >= 11 is 0. The lowest BCUT2D eigenvalue weighted by Crippen LogP contribution is -2.41. The highest BCUT2D eigenvalue weighted by Crippen LogP contribution is 2.21. The minimum absolute atomic E-state index is 0.141. The molecule has 0 spiro atoms. The maximum absolute atomic E-state index is 14.4. The molecule has 1 aliphatic heterocycles. The Kier molecular flexibility index (Phi) is 5.76. The van der Waals surface area contributed by atoms with Gasteiger partial charge in [0.15, 0.2) is 0 Å². The predicted molar refractivity (Wildman–Crippen MR) is 96.3 cm³/mol. The predicted octanol–water partition coefficient (Wildman–Crippen LogP) is 3.24. The average molecular weight is 341 g/mol. The van der Waals surface area contributed by atoms with Crippen molar-refractivity contribution in [2.75, 3.05) is 19.6 Å². The molecule has 2 aromatic rings. The fourth-order valence-electron chi connectivity index (χ4n) is 3.34. The number of amides is 1. The molecular formula is C20H24FN3O. The van der Waals surface area contributed by atoms with Gasteiger partial charge in [0.2, 0.25) is 5.91 Å². The van der Waals surface area contributed by atoms with Crippen LogP contribution in [0, 0.1) is 11.7 Å². The standard InChI is InChI=1S/C20H24FN3O/c1-15(25)24-10-2-3-16(14-24)12-23-13-19-5-4-18(11-20(19)21)17-6-8-22-9-7-17/h4-9,11,16,23H,2-3,10,12-14H2,1H3. The number of benzene rings is 1. The fraction of sp³-hybridized carbons (Fsp3) is 0.400. The first-order valence-corrected chi connectivity index (χ1v) is 8.78. The van der Waals surface area contributed by atoms with Crippen molar-refractivity contribution in [2.24, 2.45) is 5.92 Å². The van der Waals surface area contributed by atoms with Gasteiger partial charge < -0.3 is 10.2 Å². The van der Waals surface area contributed by atoms with Gasteiger partial charge in [0.25, 0.3) is 0 Å². The Labute approximate surface area is 148 Å². The minimum atomic E-state index is -0.198. The third kappa shape index (κ3) is 4.63. The summed E-state index contributed by atoms with van der Waals surface area (Å²) in [6.07, 6.45) is 5.57. The van der Waals surface area contributed by atoms with E-state index in [4.69, 9.17) is 0 Å². The number of hydrogen-bond donors (Lipinski definition) is 1. The topological polar surface area (TPSA) is 45.2 Å². The zero-order valence-corrected chi connectivity index (χ0v) is 14.5. The van der Waals surface area contributed by atoms with Gasteiger partial charge in [0, 0.05) is 44.5 Å². The van der Waals surface area contributed by atoms with Crippen LogP contribution in [0.5, 0.6) is 0 Å². The third-order valence-electron chi connectivity index (χ3n) is 4.78. The molecule has 1 aromatic heterocycles. The zero-order valence-electron chi connectivity index (χ0n) is 14.5. The van der Waals surface area contributed by atoms with Crippen molar-refractivity contribution in [1.82, 2.24) is 15.2 Å². The van der Waals surface area contributed by atoms with E-state index < -0.39 is 0 Å². The maximum Gasteiger partial charge on any atom is 0.219 e. The van der Waals surface area contributed by atoms with Crippen LogP contribution in [-0.2, 0) is 11.3 Å². The Morgan fingerprint density at radius 2 is 2.08 bits per heavy atom. The van der Waals surface area contributed by atoms with Gasteiger partial charge in [-0.3, -0.25) is 9.78 Å². The number of piperidine rings is 1. The quantitative estimate of drug-likeness (QED) is 0.908. The molecule has 0 radical (unpaired) electrons. The van der Waals surface area contributed by atoms with Gasteiger partial charge in [-0.15, -0.1) is 0 Å². The number of halogens is 1. The summed E-state index contributed by atoms with van der Waals surface area (Å²) in [5.41, 5.74) is 2.48. The van der Waals surface area contributed by atoms with Crippen LogP contribution in [-0.4, -0.2) is 35.4 Å². The van der Waals surface area contributed by atoms with E-state index >= 15 is 0 Å². The molecule has 1 saturated heterocycles. The van der Waals surface area contributed by atoms with Crippen molar-refractivity contribution in [3.05, 3.63) is 54.1 Å². The van der Waals surface area contributed by atoms with Gasteiger partial charge in [0.1, 0.15) is 5.82 Å². The summed E-state index contributed by atoms with van der Waals surface area (Å²) in [6, 6.07) is 9.09. The smallest absolute Gasteiger partial charge is 0.219 e. The van der Waals surface area contributed by atoms with Crippen molar-refractivity contribution in [3.8, 4) is 11.1 Å². The van der Waals surface area contributed by atoms with E-state index in [2.05, 4.69) is 10.3 Å². The molecule has 1 aromatic carbocycles. The molecule has 1 atom stereocenters. The summed E-state index contributed by atoms with van der Waals surface area (Å²) in [4.78, 5) is 17.4. The molecule has 1 unspecified atom stereocenters. The molecule has 1 amide bonds. The fourth-order valence-corrected chi connectivity index (χ4v) is 3.34. The first-order valence-electron chi connectivity index (χ1n) is 8.78. The molecule has 3 rings (SSSR count). The highest BCUT2D eigenvalue weighted by molar-refractivity contribution is 5.73. The number of carbonyl (C=O) groups excluding carboxylic acids is 1. The number of rotatable bonds is 5. The summed E-state index contributed by atoms with van der Waals surface area (Å²) in [5.74, 6) is 0.384. The summed E-state index contributed by atoms with van der Waals surface area (Å²) in [5, 5.41) is 3.34. The molecule has 2 heterocycles. The molecule has 132 valence electrons. The largest absolute Gasteiger partial charge is 0.343 e. The van der Waals surface area contributed by atoms with Gasteiger partial charge in [-0.1, -0.05) is 12.1 Å². The van der Waals surface area contributed by atoms with Crippen molar-refractivity contribution < 1.29 is 9.18 Å². The van der Waals surface area contributed by atoms with Crippen LogP contribution in [0.3, 0.4) is 0 Å². The second-order valence-electron chi connectivity index (χ2n) is 6.65. The van der Waals surface area contributed by atoms with Crippen LogP contribution in [0.15, 0.2) is 42.7 Å². The maximum atomic E-state index is 14.4. The number of hydrogen-bond acceptors (Lipinski definition) is 3. The van der Waals surface area contributed by atoms with E-state index in [1.165, 1.54) is 0 Å². The van der Waals surface area contributed by atoms with E-state index in [0.717, 1.165) is 43.6 Å². The van der Waals surface area contributed by atoms with Crippen molar-refractivity contribution in [2.45, 2.75) is 26.3 Å². The highest BCUT2D eigenvalue weighted by atomic mass is 19.1. The van der Waals surface area contributed by atoms with E-state index in [1.807, 2.05) is 29.2 Å². The molecule has 1 fully saturated rings. The van der Waals surface area contributed by atoms with Crippen molar-refractivity contribution in [1.29, 1.82) is 0 Å². The Morgan fingerprint density at radius 3 is 2.80 bits per heavy atom. The van der Waals surface area contributed by atoms with Crippen LogP contribution in [0.4, 0.5) is 4.39 Å². The molecule has 0 bridgehead atoms. The van der Waals surface area contributed by atoms with E-state index in [-0.39, 0.29) is 11.7 Å². The zero-order chi connectivity index (χ0) is 17.6. The molecule has 0 saturated carbocycles. The molecule has 4 nitrogen and oxygen atoms in total. The van der Waals surface area contributed by atoms with Crippen LogP contribution < -0.4 is 5.32 Å². The van der Waals surface area contributed by atoms with Gasteiger partial charge in [0.05, 0.1) is 0 Å². The lowest BCUT2D eigenvalue weighted by Gasteiger charge is -2.32. The average Bonchev–Trinajstić information content (AvgIpc) is 2.64. The molecular weight excluding hydrogens is 317 g/mol. The van der Waals surface area contributed by atoms with Crippen molar-refractivity contribution in [3.63, 3.8) is 0 Å². The molecule has 1 N–H and O–H groups in total. The Morgan fingerprint density at radius 1 is 1.28 bits per heavy atom. The molecule has 5 heteroatoms. The first kappa shape index (κ1) is 17.5. The second-order valence-corrected chi connectivity index (χ2v) is 6.65. The molecule has 1 aliphatic rings. The first-order chi connectivity index (χ1) is 12.1.